The van der Waals surface area contributed by atoms with Crippen molar-refractivity contribution in [1.82, 2.24) is 25.5 Å². The Bertz CT molecular complexity index is 934. The lowest BCUT2D eigenvalue weighted by molar-refractivity contribution is -0.149. The van der Waals surface area contributed by atoms with Gasteiger partial charge in [0.25, 0.3) is 5.91 Å². The molecule has 1 atom stereocenters. The van der Waals surface area contributed by atoms with Crippen LogP contribution in [-0.4, -0.2) is 57.1 Å². The summed E-state index contributed by atoms with van der Waals surface area (Å²) in [7, 11) is 0. The van der Waals surface area contributed by atoms with Gasteiger partial charge in [-0.3, -0.25) is 9.59 Å². The zero-order valence-corrected chi connectivity index (χ0v) is 16.0. The number of carbonyl (C=O) groups is 2. The molecule has 10 nitrogen and oxygen atoms in total. The summed E-state index contributed by atoms with van der Waals surface area (Å²) in [6, 6.07) is 8.97. The number of nitriles is 1. The number of ether oxygens (including phenoxy) is 1. The van der Waals surface area contributed by atoms with Crippen LogP contribution in [0.15, 0.2) is 30.5 Å². The van der Waals surface area contributed by atoms with E-state index in [9.17, 15) is 14.9 Å². The number of piperidine rings is 1. The Morgan fingerprint density at radius 3 is 3.00 bits per heavy atom. The van der Waals surface area contributed by atoms with Crippen molar-refractivity contribution in [3.8, 4) is 6.07 Å². The van der Waals surface area contributed by atoms with Gasteiger partial charge in [-0.2, -0.15) is 10.5 Å². The second-order valence-electron chi connectivity index (χ2n) is 6.44. The summed E-state index contributed by atoms with van der Waals surface area (Å²) in [5.41, 5.74) is 1.15. The normalized spacial score (nSPS) is 16.8. The Balaban J connectivity index is 1.77. The standard InChI is InChI=1S/C19H21N7O3/c1-2-29-19(28)13-6-5-9-26(12-13)18(27)15-7-3-4-8-16(15)21-11-14(10-20)17-22-24-25-23-17/h3-4,7-8,11,13,21H,2,5-6,9,12H2,1H3,(H,22,23,24,25). The molecule has 1 unspecified atom stereocenters. The van der Waals surface area contributed by atoms with Gasteiger partial charge in [0.1, 0.15) is 11.6 Å². The molecule has 29 heavy (non-hydrogen) atoms. The molecule has 2 aromatic rings. The number of hydrogen-bond donors (Lipinski definition) is 2. The molecule has 1 aliphatic rings. The van der Waals surface area contributed by atoms with E-state index in [-0.39, 0.29) is 29.2 Å². The van der Waals surface area contributed by atoms with Crippen LogP contribution in [0, 0.1) is 17.2 Å². The van der Waals surface area contributed by atoms with Gasteiger partial charge in [0, 0.05) is 19.3 Å². The molecule has 1 aromatic carbocycles. The van der Waals surface area contributed by atoms with E-state index < -0.39 is 0 Å². The molecule has 0 radical (unpaired) electrons. The Kier molecular flexibility index (Phi) is 6.52. The number of para-hydroxylation sites is 1. The number of benzene rings is 1. The summed E-state index contributed by atoms with van der Waals surface area (Å²) in [5, 5.41) is 25.5. The van der Waals surface area contributed by atoms with Crippen molar-refractivity contribution < 1.29 is 14.3 Å². The van der Waals surface area contributed by atoms with Crippen LogP contribution in [0.4, 0.5) is 5.69 Å². The lowest BCUT2D eigenvalue weighted by Gasteiger charge is -2.32. The first kappa shape index (κ1) is 20.0. The fourth-order valence-corrected chi connectivity index (χ4v) is 3.15. The molecule has 1 saturated heterocycles. The second kappa shape index (κ2) is 9.45. The number of carbonyl (C=O) groups excluding carboxylic acids is 2. The highest BCUT2D eigenvalue weighted by atomic mass is 16.5. The molecule has 0 saturated carbocycles. The summed E-state index contributed by atoms with van der Waals surface area (Å²) < 4.78 is 5.10. The number of nitrogens with one attached hydrogen (secondary N) is 2. The average Bonchev–Trinajstić information content (AvgIpc) is 3.29. The van der Waals surface area contributed by atoms with Crippen molar-refractivity contribution in [2.75, 3.05) is 25.0 Å². The third-order valence-corrected chi connectivity index (χ3v) is 4.56. The minimum absolute atomic E-state index is 0.150. The molecule has 150 valence electrons. The molecule has 1 aromatic heterocycles. The van der Waals surface area contributed by atoms with E-state index in [1.807, 2.05) is 6.07 Å². The van der Waals surface area contributed by atoms with E-state index in [0.717, 1.165) is 6.42 Å². The van der Waals surface area contributed by atoms with E-state index in [1.165, 1.54) is 6.20 Å². The van der Waals surface area contributed by atoms with Crippen molar-refractivity contribution in [2.45, 2.75) is 19.8 Å². The van der Waals surface area contributed by atoms with Crippen LogP contribution >= 0.6 is 0 Å². The maximum atomic E-state index is 13.1. The van der Waals surface area contributed by atoms with E-state index in [2.05, 4.69) is 25.9 Å². The summed E-state index contributed by atoms with van der Waals surface area (Å²) in [6.07, 6.45) is 2.87. The third kappa shape index (κ3) is 4.76. The number of H-pyrrole nitrogens is 1. The lowest BCUT2D eigenvalue weighted by Crippen LogP contribution is -2.43. The number of rotatable bonds is 6. The molecule has 0 aliphatic carbocycles. The summed E-state index contributed by atoms with van der Waals surface area (Å²) in [4.78, 5) is 26.8. The van der Waals surface area contributed by atoms with E-state index in [1.54, 1.807) is 36.1 Å². The Morgan fingerprint density at radius 1 is 1.45 bits per heavy atom. The van der Waals surface area contributed by atoms with Gasteiger partial charge in [0.05, 0.1) is 23.8 Å². The molecule has 2 N–H and O–H groups in total. The summed E-state index contributed by atoms with van der Waals surface area (Å²) in [6.45, 7) is 2.99. The predicted octanol–water partition coefficient (Wildman–Crippen LogP) is 1.59. The van der Waals surface area contributed by atoms with Crippen molar-refractivity contribution in [3.63, 3.8) is 0 Å². The number of anilines is 1. The molecule has 0 spiro atoms. The van der Waals surface area contributed by atoms with E-state index >= 15 is 0 Å². The van der Waals surface area contributed by atoms with Crippen LogP contribution in [0.5, 0.6) is 0 Å². The second-order valence-corrected chi connectivity index (χ2v) is 6.44. The predicted molar refractivity (Wildman–Crippen MR) is 103 cm³/mol. The number of likely N-dealkylation sites (tertiary alicyclic amines) is 1. The number of hydrogen-bond acceptors (Lipinski definition) is 8. The summed E-state index contributed by atoms with van der Waals surface area (Å²) in [5.74, 6) is -0.611. The maximum absolute atomic E-state index is 13.1. The van der Waals surface area contributed by atoms with Gasteiger partial charge in [-0.05, 0) is 37.1 Å². The fraction of sp³-hybridized carbons (Fsp3) is 0.368. The van der Waals surface area contributed by atoms with Crippen molar-refractivity contribution >= 4 is 23.1 Å². The summed E-state index contributed by atoms with van der Waals surface area (Å²) >= 11 is 0. The fourth-order valence-electron chi connectivity index (χ4n) is 3.15. The van der Waals surface area contributed by atoms with Gasteiger partial charge in [0.2, 0.25) is 5.82 Å². The SMILES string of the molecule is CCOC(=O)C1CCCN(C(=O)c2ccccc2NC=C(C#N)c2nn[nH]n2)C1. The average molecular weight is 395 g/mol. The zero-order chi connectivity index (χ0) is 20.6. The number of esters is 1. The van der Waals surface area contributed by atoms with Gasteiger partial charge in [-0.1, -0.05) is 12.1 Å². The first-order valence-electron chi connectivity index (χ1n) is 9.29. The number of tetrazole rings is 1. The maximum Gasteiger partial charge on any atom is 0.310 e. The molecular weight excluding hydrogens is 374 g/mol. The van der Waals surface area contributed by atoms with E-state index in [4.69, 9.17) is 4.74 Å². The number of aromatic nitrogens is 4. The third-order valence-electron chi connectivity index (χ3n) is 4.56. The van der Waals surface area contributed by atoms with Crippen LogP contribution < -0.4 is 5.32 Å². The molecule has 10 heteroatoms. The molecule has 1 aliphatic heterocycles. The van der Waals surface area contributed by atoms with Gasteiger partial charge in [-0.15, -0.1) is 10.2 Å². The van der Waals surface area contributed by atoms with Crippen molar-refractivity contribution in [3.05, 3.63) is 41.9 Å². The van der Waals surface area contributed by atoms with Crippen LogP contribution in [0.25, 0.3) is 5.57 Å². The van der Waals surface area contributed by atoms with Gasteiger partial charge >= 0.3 is 5.97 Å². The molecular formula is C19H21N7O3. The monoisotopic (exact) mass is 395 g/mol. The molecule has 2 heterocycles. The van der Waals surface area contributed by atoms with Gasteiger partial charge < -0.3 is 15.0 Å². The Morgan fingerprint density at radius 2 is 2.28 bits per heavy atom. The molecule has 3 rings (SSSR count). The highest BCUT2D eigenvalue weighted by Gasteiger charge is 2.30. The van der Waals surface area contributed by atoms with E-state index in [0.29, 0.717) is 37.4 Å². The molecule has 1 amide bonds. The Hall–Kier alpha value is -3.74. The van der Waals surface area contributed by atoms with Gasteiger partial charge in [0.15, 0.2) is 0 Å². The van der Waals surface area contributed by atoms with Crippen LogP contribution in [0.2, 0.25) is 0 Å². The first-order valence-corrected chi connectivity index (χ1v) is 9.29. The molecule has 1 fully saturated rings. The van der Waals surface area contributed by atoms with Crippen LogP contribution in [-0.2, 0) is 9.53 Å². The van der Waals surface area contributed by atoms with Gasteiger partial charge in [-0.25, -0.2) is 0 Å². The largest absolute Gasteiger partial charge is 0.466 e. The highest BCUT2D eigenvalue weighted by molar-refractivity contribution is 6.00. The van der Waals surface area contributed by atoms with Crippen molar-refractivity contribution in [1.29, 1.82) is 5.26 Å². The van der Waals surface area contributed by atoms with Crippen LogP contribution in [0.1, 0.15) is 35.9 Å². The first-order chi connectivity index (χ1) is 14.1. The minimum atomic E-state index is -0.309. The van der Waals surface area contributed by atoms with Crippen LogP contribution in [0.3, 0.4) is 0 Å². The van der Waals surface area contributed by atoms with Crippen molar-refractivity contribution in [2.24, 2.45) is 5.92 Å². The minimum Gasteiger partial charge on any atom is -0.466 e. The lowest BCUT2D eigenvalue weighted by atomic mass is 9.97. The topological polar surface area (TPSA) is 137 Å². The molecule has 0 bridgehead atoms. The Labute approximate surface area is 167 Å². The quantitative estimate of drug-likeness (QED) is 0.556. The number of aromatic amines is 1. The highest BCUT2D eigenvalue weighted by Crippen LogP contribution is 2.23. The number of nitrogens with zero attached hydrogens (tertiary/aromatic N) is 5. The number of amides is 1. The smallest absolute Gasteiger partial charge is 0.310 e. The zero-order valence-electron chi connectivity index (χ0n) is 16.0. The number of allylic oxidation sites excluding steroid dienone is 1.